The Morgan fingerprint density at radius 3 is 2.48 bits per heavy atom. The number of piperazine rings is 1. The van der Waals surface area contributed by atoms with Crippen molar-refractivity contribution in [3.8, 4) is 11.5 Å². The molecule has 2 amide bonds. The molecule has 0 spiro atoms. The second-order valence-electron chi connectivity index (χ2n) is 8.14. The Bertz CT molecular complexity index is 1230. The van der Waals surface area contributed by atoms with Gasteiger partial charge >= 0.3 is 0 Å². The third-order valence-corrected chi connectivity index (χ3v) is 8.02. The molecule has 5 rings (SSSR count). The zero-order valence-corrected chi connectivity index (χ0v) is 19.3. The number of halogens is 1. The summed E-state index contributed by atoms with van der Waals surface area (Å²) in [5, 5.41) is 0.218. The Hall–Kier alpha value is -2.82. The number of sulfonamides is 1. The summed E-state index contributed by atoms with van der Waals surface area (Å²) in [5.41, 5.74) is 1.44. The summed E-state index contributed by atoms with van der Waals surface area (Å²) in [6.07, 6.45) is -0.0699. The largest absolute Gasteiger partial charge is 0.454 e. The topological polar surface area (TPSA) is 96.5 Å². The van der Waals surface area contributed by atoms with Crippen LogP contribution in [0, 0.1) is 0 Å². The highest BCUT2D eigenvalue weighted by Gasteiger charge is 2.37. The summed E-state index contributed by atoms with van der Waals surface area (Å²) in [5.74, 6) is 0.468. The van der Waals surface area contributed by atoms with Crippen molar-refractivity contribution in [3.63, 3.8) is 0 Å². The molecule has 9 nitrogen and oxygen atoms in total. The Kier molecular flexibility index (Phi) is 5.67. The minimum atomic E-state index is -3.72. The number of fused-ring (bicyclic) bond motifs is 1. The molecule has 0 atom stereocenters. The van der Waals surface area contributed by atoms with Crippen molar-refractivity contribution in [1.82, 2.24) is 9.80 Å². The molecule has 0 aliphatic carbocycles. The number of rotatable bonds is 4. The minimum Gasteiger partial charge on any atom is -0.454 e. The zero-order valence-electron chi connectivity index (χ0n) is 17.7. The van der Waals surface area contributed by atoms with Gasteiger partial charge in [0.2, 0.25) is 22.7 Å². The van der Waals surface area contributed by atoms with E-state index in [0.29, 0.717) is 26.2 Å². The highest BCUT2D eigenvalue weighted by Crippen LogP contribution is 2.33. The highest BCUT2D eigenvalue weighted by molar-refractivity contribution is 7.94. The third kappa shape index (κ3) is 4.25. The monoisotopic (exact) mass is 491 g/mol. The first-order chi connectivity index (χ1) is 15.8. The average molecular weight is 492 g/mol. The van der Waals surface area contributed by atoms with Crippen LogP contribution in [0.2, 0.25) is 5.02 Å². The summed E-state index contributed by atoms with van der Waals surface area (Å²) in [7, 11) is -3.72. The van der Waals surface area contributed by atoms with Crippen molar-refractivity contribution in [1.29, 1.82) is 0 Å². The second-order valence-corrected chi connectivity index (χ2v) is 10.5. The normalized spacial score (nSPS) is 19.8. The lowest BCUT2D eigenvalue weighted by Crippen LogP contribution is -2.48. The van der Waals surface area contributed by atoms with Crippen LogP contribution in [-0.2, 0) is 21.4 Å². The SMILES string of the molecule is O=C(c1cc(N2C(=O)CCS2(=O)=O)ccc1Cl)N1CCN(Cc2ccc3c(c2)OCO3)CC1. The molecule has 2 aromatic carbocycles. The summed E-state index contributed by atoms with van der Waals surface area (Å²) < 4.78 is 36.0. The van der Waals surface area contributed by atoms with Gasteiger partial charge in [0.1, 0.15) is 0 Å². The first-order valence-electron chi connectivity index (χ1n) is 10.6. The zero-order chi connectivity index (χ0) is 23.2. The van der Waals surface area contributed by atoms with Gasteiger partial charge in [-0.25, -0.2) is 12.7 Å². The number of hydrogen-bond donors (Lipinski definition) is 0. The maximum absolute atomic E-state index is 13.2. The van der Waals surface area contributed by atoms with E-state index in [1.54, 1.807) is 4.90 Å². The van der Waals surface area contributed by atoms with Gasteiger partial charge in [0.25, 0.3) is 5.91 Å². The molecule has 11 heteroatoms. The summed E-state index contributed by atoms with van der Waals surface area (Å²) in [6, 6.07) is 10.2. The van der Waals surface area contributed by atoms with Crippen LogP contribution in [0.1, 0.15) is 22.3 Å². The van der Waals surface area contributed by atoms with Crippen LogP contribution in [0.25, 0.3) is 0 Å². The number of anilines is 1. The fourth-order valence-corrected chi connectivity index (χ4v) is 5.90. The molecule has 2 fully saturated rings. The maximum Gasteiger partial charge on any atom is 0.255 e. The van der Waals surface area contributed by atoms with Crippen molar-refractivity contribution >= 4 is 39.1 Å². The van der Waals surface area contributed by atoms with Crippen LogP contribution in [-0.4, -0.2) is 68.8 Å². The van der Waals surface area contributed by atoms with Crippen LogP contribution in [0.5, 0.6) is 11.5 Å². The molecule has 174 valence electrons. The molecule has 2 saturated heterocycles. The summed E-state index contributed by atoms with van der Waals surface area (Å²) in [4.78, 5) is 29.2. The van der Waals surface area contributed by atoms with E-state index in [0.717, 1.165) is 27.9 Å². The Labute approximate surface area is 196 Å². The van der Waals surface area contributed by atoms with Crippen LogP contribution >= 0.6 is 11.6 Å². The van der Waals surface area contributed by atoms with E-state index >= 15 is 0 Å². The van der Waals surface area contributed by atoms with Crippen molar-refractivity contribution in [2.45, 2.75) is 13.0 Å². The molecule has 33 heavy (non-hydrogen) atoms. The van der Waals surface area contributed by atoms with Gasteiger partial charge in [0.05, 0.1) is 22.0 Å². The Morgan fingerprint density at radius 1 is 1.00 bits per heavy atom. The second kappa shape index (κ2) is 8.51. The predicted molar refractivity (Wildman–Crippen MR) is 121 cm³/mol. The van der Waals surface area contributed by atoms with Crippen LogP contribution in [0.3, 0.4) is 0 Å². The molecule has 0 radical (unpaired) electrons. The van der Waals surface area contributed by atoms with Crippen LogP contribution in [0.15, 0.2) is 36.4 Å². The molecule has 0 bridgehead atoms. The molecule has 0 N–H and O–H groups in total. The molecule has 3 aliphatic rings. The van der Waals surface area contributed by atoms with Crippen molar-refractivity contribution in [2.75, 3.05) is 43.0 Å². The number of hydrogen-bond acceptors (Lipinski definition) is 7. The summed E-state index contributed by atoms with van der Waals surface area (Å²) in [6.45, 7) is 3.33. The van der Waals surface area contributed by atoms with Gasteiger partial charge in [-0.1, -0.05) is 17.7 Å². The molecule has 2 aromatic rings. The van der Waals surface area contributed by atoms with Gasteiger partial charge in [-0.3, -0.25) is 14.5 Å². The highest BCUT2D eigenvalue weighted by atomic mass is 35.5. The van der Waals surface area contributed by atoms with Crippen LogP contribution in [0.4, 0.5) is 5.69 Å². The van der Waals surface area contributed by atoms with Gasteiger partial charge in [0.15, 0.2) is 11.5 Å². The summed E-state index contributed by atoms with van der Waals surface area (Å²) >= 11 is 6.27. The van der Waals surface area contributed by atoms with E-state index in [9.17, 15) is 18.0 Å². The van der Waals surface area contributed by atoms with Gasteiger partial charge in [0, 0.05) is 39.1 Å². The van der Waals surface area contributed by atoms with Gasteiger partial charge in [-0.05, 0) is 35.9 Å². The fourth-order valence-electron chi connectivity index (χ4n) is 4.25. The molecule has 3 heterocycles. The van der Waals surface area contributed by atoms with Gasteiger partial charge in [-0.2, -0.15) is 0 Å². The standard InChI is InChI=1S/C22H22ClN3O6S/c23-18-3-2-16(26-21(27)5-10-33(26,29)30)12-17(18)22(28)25-8-6-24(7-9-25)13-15-1-4-19-20(11-15)32-14-31-19/h1-4,11-12H,5-10,13-14H2. The van der Waals surface area contributed by atoms with E-state index < -0.39 is 15.9 Å². The predicted octanol–water partition coefficient (Wildman–Crippen LogP) is 2.09. The smallest absolute Gasteiger partial charge is 0.255 e. The average Bonchev–Trinajstić information content (AvgIpc) is 3.37. The Morgan fingerprint density at radius 2 is 1.76 bits per heavy atom. The maximum atomic E-state index is 13.2. The first-order valence-corrected chi connectivity index (χ1v) is 12.6. The molecular formula is C22H22ClN3O6S. The number of benzene rings is 2. The van der Waals surface area contributed by atoms with Gasteiger partial charge in [-0.15, -0.1) is 0 Å². The van der Waals surface area contributed by atoms with Crippen LogP contribution < -0.4 is 13.8 Å². The van der Waals surface area contributed by atoms with E-state index in [1.807, 2.05) is 18.2 Å². The van der Waals surface area contributed by atoms with Crippen molar-refractivity contribution < 1.29 is 27.5 Å². The lowest BCUT2D eigenvalue weighted by Gasteiger charge is -2.35. The van der Waals surface area contributed by atoms with E-state index in [4.69, 9.17) is 21.1 Å². The minimum absolute atomic E-state index is 0.0699. The first kappa shape index (κ1) is 22.0. The Balaban J connectivity index is 1.26. The number of ether oxygens (including phenoxy) is 2. The molecule has 3 aliphatic heterocycles. The van der Waals surface area contributed by atoms with E-state index in [1.165, 1.54) is 18.2 Å². The van der Waals surface area contributed by atoms with Crippen molar-refractivity contribution in [2.24, 2.45) is 0 Å². The quantitative estimate of drug-likeness (QED) is 0.646. The number of carbonyl (C=O) groups is 2. The number of carbonyl (C=O) groups excluding carboxylic acids is 2. The molecular weight excluding hydrogens is 470 g/mol. The van der Waals surface area contributed by atoms with E-state index in [2.05, 4.69) is 4.90 Å². The molecule has 0 aromatic heterocycles. The fraction of sp³-hybridized carbons (Fsp3) is 0.364. The number of amides is 2. The third-order valence-electron chi connectivity index (χ3n) is 6.00. The van der Waals surface area contributed by atoms with E-state index in [-0.39, 0.29) is 41.1 Å². The lowest BCUT2D eigenvalue weighted by atomic mass is 10.1. The molecule has 0 unspecified atom stereocenters. The number of nitrogens with zero attached hydrogens (tertiary/aromatic N) is 3. The van der Waals surface area contributed by atoms with Crippen molar-refractivity contribution in [3.05, 3.63) is 52.5 Å². The van der Waals surface area contributed by atoms with Gasteiger partial charge < -0.3 is 14.4 Å². The molecule has 0 saturated carbocycles. The lowest BCUT2D eigenvalue weighted by molar-refractivity contribution is -0.116.